The standard InChI is InChI=1S/C15H14N4O2/c1-8(2)10-6-13-12(14(20)19-15(21)18-13)5-11(10)9-3-4-16-17-7-9/h3-8H,1-2H3,(H2,18,19,20,21). The summed E-state index contributed by atoms with van der Waals surface area (Å²) in [6.45, 7) is 4.12. The molecule has 0 aliphatic carbocycles. The maximum atomic E-state index is 12.0. The van der Waals surface area contributed by atoms with E-state index in [9.17, 15) is 9.59 Å². The quantitative estimate of drug-likeness (QED) is 0.749. The second kappa shape index (κ2) is 4.97. The lowest BCUT2D eigenvalue weighted by Crippen LogP contribution is -2.22. The number of hydrogen-bond donors (Lipinski definition) is 2. The van der Waals surface area contributed by atoms with E-state index in [4.69, 9.17) is 0 Å². The SMILES string of the molecule is CC(C)c1cc2[nH]c(=O)[nH]c(=O)c2cc1-c1ccnnc1. The third-order valence-electron chi connectivity index (χ3n) is 3.43. The van der Waals surface area contributed by atoms with E-state index >= 15 is 0 Å². The van der Waals surface area contributed by atoms with Crippen molar-refractivity contribution in [1.29, 1.82) is 0 Å². The maximum Gasteiger partial charge on any atom is 0.326 e. The summed E-state index contributed by atoms with van der Waals surface area (Å²) < 4.78 is 0. The molecular weight excluding hydrogens is 268 g/mol. The van der Waals surface area contributed by atoms with Gasteiger partial charge in [0.05, 0.1) is 23.3 Å². The number of nitrogens with one attached hydrogen (secondary N) is 2. The summed E-state index contributed by atoms with van der Waals surface area (Å²) in [6, 6.07) is 5.49. The average Bonchev–Trinajstić information content (AvgIpc) is 2.46. The molecule has 0 aliphatic heterocycles. The molecule has 0 unspecified atom stereocenters. The fourth-order valence-corrected chi connectivity index (χ4v) is 2.41. The first-order valence-electron chi connectivity index (χ1n) is 6.63. The first-order chi connectivity index (χ1) is 10.1. The number of aromatic nitrogens is 4. The molecule has 0 saturated heterocycles. The summed E-state index contributed by atoms with van der Waals surface area (Å²) in [6.07, 6.45) is 3.27. The Bertz CT molecular complexity index is 910. The van der Waals surface area contributed by atoms with E-state index in [-0.39, 0.29) is 5.92 Å². The van der Waals surface area contributed by atoms with E-state index < -0.39 is 11.2 Å². The number of benzene rings is 1. The Balaban J connectivity index is 2.40. The Morgan fingerprint density at radius 3 is 2.57 bits per heavy atom. The van der Waals surface area contributed by atoms with E-state index in [0.29, 0.717) is 10.9 Å². The lowest BCUT2D eigenvalue weighted by molar-refractivity contribution is 0.869. The average molecular weight is 282 g/mol. The molecule has 2 heterocycles. The van der Waals surface area contributed by atoms with E-state index in [0.717, 1.165) is 16.7 Å². The summed E-state index contributed by atoms with van der Waals surface area (Å²) in [4.78, 5) is 28.3. The number of fused-ring (bicyclic) bond motifs is 1. The van der Waals surface area contributed by atoms with Gasteiger partial charge in [-0.25, -0.2) is 4.79 Å². The van der Waals surface area contributed by atoms with Crippen LogP contribution < -0.4 is 11.2 Å². The molecule has 3 rings (SSSR count). The monoisotopic (exact) mass is 282 g/mol. The molecular formula is C15H14N4O2. The molecule has 21 heavy (non-hydrogen) atoms. The molecule has 0 bridgehead atoms. The highest BCUT2D eigenvalue weighted by molar-refractivity contribution is 5.85. The highest BCUT2D eigenvalue weighted by atomic mass is 16.2. The molecule has 0 amide bonds. The summed E-state index contributed by atoms with van der Waals surface area (Å²) in [5.74, 6) is 0.236. The maximum absolute atomic E-state index is 12.0. The normalized spacial score (nSPS) is 11.2. The predicted molar refractivity (Wildman–Crippen MR) is 80.3 cm³/mol. The first kappa shape index (κ1) is 13.2. The molecule has 6 nitrogen and oxygen atoms in total. The van der Waals surface area contributed by atoms with Crippen molar-refractivity contribution >= 4 is 10.9 Å². The van der Waals surface area contributed by atoms with E-state index in [1.165, 1.54) is 0 Å². The van der Waals surface area contributed by atoms with Crippen LogP contribution in [-0.4, -0.2) is 20.2 Å². The van der Waals surface area contributed by atoms with E-state index in [1.54, 1.807) is 18.5 Å². The van der Waals surface area contributed by atoms with Crippen LogP contribution in [0.4, 0.5) is 0 Å². The lowest BCUT2D eigenvalue weighted by Gasteiger charge is -2.14. The molecule has 3 aromatic rings. The first-order valence-corrected chi connectivity index (χ1v) is 6.63. The second-order valence-electron chi connectivity index (χ2n) is 5.18. The molecule has 106 valence electrons. The number of rotatable bonds is 2. The zero-order valence-electron chi connectivity index (χ0n) is 11.7. The van der Waals surface area contributed by atoms with Gasteiger partial charge in [-0.15, -0.1) is 0 Å². The smallest absolute Gasteiger partial charge is 0.307 e. The summed E-state index contributed by atoms with van der Waals surface area (Å²) in [7, 11) is 0. The van der Waals surface area contributed by atoms with Crippen molar-refractivity contribution in [1.82, 2.24) is 20.2 Å². The fraction of sp³-hybridized carbons (Fsp3) is 0.200. The molecule has 2 aromatic heterocycles. The highest BCUT2D eigenvalue weighted by Gasteiger charge is 2.13. The van der Waals surface area contributed by atoms with Crippen LogP contribution >= 0.6 is 0 Å². The minimum atomic E-state index is -0.500. The zero-order chi connectivity index (χ0) is 15.0. The fourth-order valence-electron chi connectivity index (χ4n) is 2.41. The highest BCUT2D eigenvalue weighted by Crippen LogP contribution is 2.30. The summed E-state index contributed by atoms with van der Waals surface area (Å²) in [5.41, 5.74) is 2.49. The van der Waals surface area contributed by atoms with Gasteiger partial charge >= 0.3 is 5.69 Å². The number of hydrogen-bond acceptors (Lipinski definition) is 4. The molecule has 0 radical (unpaired) electrons. The van der Waals surface area contributed by atoms with Crippen molar-refractivity contribution < 1.29 is 0 Å². The van der Waals surface area contributed by atoms with Crippen molar-refractivity contribution in [3.63, 3.8) is 0 Å². The molecule has 6 heteroatoms. The number of aromatic amines is 2. The van der Waals surface area contributed by atoms with Crippen molar-refractivity contribution in [3.05, 3.63) is 57.0 Å². The Kier molecular flexibility index (Phi) is 3.13. The number of H-pyrrole nitrogens is 2. The third kappa shape index (κ3) is 2.35. The van der Waals surface area contributed by atoms with Crippen molar-refractivity contribution in [2.45, 2.75) is 19.8 Å². The Labute approximate surface area is 119 Å². The van der Waals surface area contributed by atoms with Gasteiger partial charge in [0.25, 0.3) is 5.56 Å². The third-order valence-corrected chi connectivity index (χ3v) is 3.43. The Morgan fingerprint density at radius 2 is 1.90 bits per heavy atom. The molecule has 0 aliphatic rings. The molecule has 0 atom stereocenters. The van der Waals surface area contributed by atoms with Crippen molar-refractivity contribution in [3.8, 4) is 11.1 Å². The molecule has 0 spiro atoms. The lowest BCUT2D eigenvalue weighted by atomic mass is 9.92. The van der Waals surface area contributed by atoms with Gasteiger partial charge in [0.2, 0.25) is 0 Å². The molecule has 1 aromatic carbocycles. The van der Waals surface area contributed by atoms with Gasteiger partial charge in [-0.1, -0.05) is 13.8 Å². The van der Waals surface area contributed by atoms with Gasteiger partial charge in [-0.2, -0.15) is 10.2 Å². The summed E-state index contributed by atoms with van der Waals surface area (Å²) in [5, 5.41) is 8.11. The van der Waals surface area contributed by atoms with Crippen LogP contribution in [0, 0.1) is 0 Å². The van der Waals surface area contributed by atoms with Gasteiger partial charge in [0.1, 0.15) is 0 Å². The van der Waals surface area contributed by atoms with E-state index in [1.807, 2.05) is 12.1 Å². The largest absolute Gasteiger partial charge is 0.326 e. The van der Waals surface area contributed by atoms with E-state index in [2.05, 4.69) is 34.0 Å². The van der Waals surface area contributed by atoms with Crippen LogP contribution in [0.5, 0.6) is 0 Å². The molecule has 0 saturated carbocycles. The Morgan fingerprint density at radius 1 is 1.10 bits per heavy atom. The van der Waals surface area contributed by atoms with Gasteiger partial charge in [-0.3, -0.25) is 9.78 Å². The van der Waals surface area contributed by atoms with Crippen LogP contribution in [-0.2, 0) is 0 Å². The van der Waals surface area contributed by atoms with Crippen molar-refractivity contribution in [2.24, 2.45) is 0 Å². The predicted octanol–water partition coefficient (Wildman–Crippen LogP) is 1.80. The zero-order valence-corrected chi connectivity index (χ0v) is 11.7. The van der Waals surface area contributed by atoms with Crippen LogP contribution in [0.25, 0.3) is 22.0 Å². The van der Waals surface area contributed by atoms with Gasteiger partial charge in [0.15, 0.2) is 0 Å². The minimum absolute atomic E-state index is 0.236. The van der Waals surface area contributed by atoms with Crippen LogP contribution in [0.1, 0.15) is 25.3 Å². The summed E-state index contributed by atoms with van der Waals surface area (Å²) >= 11 is 0. The second-order valence-corrected chi connectivity index (χ2v) is 5.18. The topological polar surface area (TPSA) is 91.5 Å². The number of nitrogens with zero attached hydrogens (tertiary/aromatic N) is 2. The van der Waals surface area contributed by atoms with Gasteiger partial charge < -0.3 is 4.98 Å². The Hall–Kier alpha value is -2.76. The van der Waals surface area contributed by atoms with Crippen molar-refractivity contribution in [2.75, 3.05) is 0 Å². The van der Waals surface area contributed by atoms with Gasteiger partial charge in [0, 0.05) is 5.56 Å². The van der Waals surface area contributed by atoms with Gasteiger partial charge in [-0.05, 0) is 35.2 Å². The molecule has 2 N–H and O–H groups in total. The minimum Gasteiger partial charge on any atom is -0.307 e. The van der Waals surface area contributed by atoms with Crippen LogP contribution in [0.2, 0.25) is 0 Å². The van der Waals surface area contributed by atoms with Crippen LogP contribution in [0.3, 0.4) is 0 Å². The molecule has 0 fully saturated rings. The van der Waals surface area contributed by atoms with Crippen LogP contribution in [0.15, 0.2) is 40.2 Å².